The van der Waals surface area contributed by atoms with Gasteiger partial charge in [0.1, 0.15) is 6.10 Å². The van der Waals surface area contributed by atoms with E-state index in [1.807, 2.05) is 58.1 Å². The van der Waals surface area contributed by atoms with Gasteiger partial charge in [0, 0.05) is 17.8 Å². The third-order valence-electron chi connectivity index (χ3n) is 4.69. The first-order chi connectivity index (χ1) is 14.2. The molecule has 30 heavy (non-hydrogen) atoms. The zero-order valence-electron chi connectivity index (χ0n) is 18.1. The highest BCUT2D eigenvalue weighted by molar-refractivity contribution is 6.33. The van der Waals surface area contributed by atoms with Crippen molar-refractivity contribution < 1.29 is 9.53 Å². The first kappa shape index (κ1) is 23.5. The lowest BCUT2D eigenvalue weighted by Gasteiger charge is -2.16. The van der Waals surface area contributed by atoms with Gasteiger partial charge < -0.3 is 15.0 Å². The first-order valence-electron chi connectivity index (χ1n) is 10.00. The monoisotopic (exact) mass is 428 g/mol. The van der Waals surface area contributed by atoms with Crippen molar-refractivity contribution >= 4 is 17.5 Å². The Morgan fingerprint density at radius 2 is 2.03 bits per heavy atom. The molecule has 160 valence electrons. The number of aromatic nitrogens is 1. The van der Waals surface area contributed by atoms with Crippen molar-refractivity contribution in [2.24, 2.45) is 0 Å². The highest BCUT2D eigenvalue weighted by Gasteiger charge is 2.15. The number of H-pyrrole nitrogens is 1. The molecule has 2 aromatic rings. The van der Waals surface area contributed by atoms with Crippen LogP contribution in [0.15, 0.2) is 53.0 Å². The van der Waals surface area contributed by atoms with Crippen LogP contribution < -0.4 is 10.9 Å². The Bertz CT molecular complexity index is 1020. The average Bonchev–Trinajstić information content (AvgIpc) is 2.67. The number of rotatable bonds is 8. The molecule has 5 nitrogen and oxygen atoms in total. The number of hydrogen-bond donors (Lipinski definition) is 2. The summed E-state index contributed by atoms with van der Waals surface area (Å²) in [5, 5.41) is 3.11. The van der Waals surface area contributed by atoms with Crippen LogP contribution >= 0.6 is 11.6 Å². The first-order valence-corrected chi connectivity index (χ1v) is 10.4. The fourth-order valence-corrected chi connectivity index (χ4v) is 3.33. The highest BCUT2D eigenvalue weighted by atomic mass is 35.5. The molecule has 1 aromatic carbocycles. The molecule has 2 rings (SSSR count). The minimum atomic E-state index is -0.333. The van der Waals surface area contributed by atoms with Gasteiger partial charge in [0.15, 0.2) is 0 Å². The second-order valence-corrected chi connectivity index (χ2v) is 7.65. The molecule has 1 amide bonds. The lowest BCUT2D eigenvalue weighted by molar-refractivity contribution is 0.0950. The number of carbonyl (C=O) groups is 1. The van der Waals surface area contributed by atoms with Gasteiger partial charge in [-0.2, -0.15) is 0 Å². The average molecular weight is 429 g/mol. The van der Waals surface area contributed by atoms with Gasteiger partial charge in [-0.15, -0.1) is 0 Å². The molecule has 0 spiro atoms. The number of nitrogens with one attached hydrogen (secondary N) is 2. The van der Waals surface area contributed by atoms with E-state index in [1.165, 1.54) is 0 Å². The zero-order chi connectivity index (χ0) is 22.3. The Balaban J connectivity index is 2.07. The number of halogens is 1. The highest BCUT2D eigenvalue weighted by Crippen LogP contribution is 2.25. The van der Waals surface area contributed by atoms with E-state index in [9.17, 15) is 9.59 Å². The Morgan fingerprint density at radius 3 is 2.67 bits per heavy atom. The molecule has 1 heterocycles. The van der Waals surface area contributed by atoms with Crippen molar-refractivity contribution in [3.8, 4) is 0 Å². The van der Waals surface area contributed by atoms with Crippen LogP contribution in [0, 0.1) is 13.8 Å². The summed E-state index contributed by atoms with van der Waals surface area (Å²) in [4.78, 5) is 27.4. The summed E-state index contributed by atoms with van der Waals surface area (Å²) in [6.45, 7) is 9.70. The summed E-state index contributed by atoms with van der Waals surface area (Å²) in [5.74, 6) is 0.462. The van der Waals surface area contributed by atoms with E-state index < -0.39 is 0 Å². The summed E-state index contributed by atoms with van der Waals surface area (Å²) < 4.78 is 5.89. The molecule has 6 heteroatoms. The number of ether oxygens (including phenoxy) is 1. The molecule has 0 aliphatic carbocycles. The molecule has 0 radical (unpaired) electrons. The van der Waals surface area contributed by atoms with E-state index in [2.05, 4.69) is 17.2 Å². The third kappa shape index (κ3) is 6.36. The van der Waals surface area contributed by atoms with E-state index in [-0.39, 0.29) is 24.1 Å². The van der Waals surface area contributed by atoms with Crippen molar-refractivity contribution in [3.63, 3.8) is 0 Å². The molecule has 0 saturated heterocycles. The van der Waals surface area contributed by atoms with E-state index >= 15 is 0 Å². The van der Waals surface area contributed by atoms with Gasteiger partial charge in [-0.1, -0.05) is 36.7 Å². The van der Waals surface area contributed by atoms with Gasteiger partial charge in [0.2, 0.25) is 0 Å². The van der Waals surface area contributed by atoms with Gasteiger partial charge in [-0.3, -0.25) is 9.59 Å². The third-order valence-corrected chi connectivity index (χ3v) is 5.00. The largest absolute Gasteiger partial charge is 0.491 e. The molecule has 0 bridgehead atoms. The minimum absolute atomic E-state index is 0.132. The Kier molecular flexibility index (Phi) is 8.48. The van der Waals surface area contributed by atoms with Crippen LogP contribution in [0.5, 0.6) is 0 Å². The molecule has 0 fully saturated rings. The maximum Gasteiger partial charge on any atom is 0.253 e. The van der Waals surface area contributed by atoms with Gasteiger partial charge in [0.25, 0.3) is 11.5 Å². The molecule has 2 N–H and O–H groups in total. The number of pyridine rings is 1. The summed E-state index contributed by atoms with van der Waals surface area (Å²) in [5.41, 5.74) is 3.18. The molecular weight excluding hydrogens is 400 g/mol. The van der Waals surface area contributed by atoms with Gasteiger partial charge in [0.05, 0.1) is 16.3 Å². The summed E-state index contributed by atoms with van der Waals surface area (Å²) in [7, 11) is 0. The summed E-state index contributed by atoms with van der Waals surface area (Å²) >= 11 is 6.36. The van der Waals surface area contributed by atoms with Crippen molar-refractivity contribution in [3.05, 3.63) is 91.6 Å². The molecule has 1 atom stereocenters. The SMILES string of the molecule is CC/C=C\C=C(/C)OC(C)c1ccc(C(=O)NCc2c(C)cc(C)[nH]c2=O)c(Cl)c1. The van der Waals surface area contributed by atoms with Gasteiger partial charge >= 0.3 is 0 Å². The van der Waals surface area contributed by atoms with E-state index in [0.717, 1.165) is 29.0 Å². The minimum Gasteiger partial charge on any atom is -0.491 e. The quantitative estimate of drug-likeness (QED) is 0.429. The maximum absolute atomic E-state index is 12.6. The number of carbonyl (C=O) groups excluding carboxylic acids is 1. The Morgan fingerprint density at radius 1 is 1.30 bits per heavy atom. The van der Waals surface area contributed by atoms with Crippen LogP contribution in [0.1, 0.15) is 66.0 Å². The fraction of sp³-hybridized carbons (Fsp3) is 0.333. The standard InChI is InChI=1S/C24H29ClN2O3/c1-6-7-8-9-17(4)30-18(5)19-10-11-20(22(25)13-19)23(28)26-14-21-15(2)12-16(3)27-24(21)29/h7-13,18H,6,14H2,1-5H3,(H,26,28)(H,27,29)/b8-7-,17-9+. The van der Waals surface area contributed by atoms with E-state index in [1.54, 1.807) is 12.1 Å². The van der Waals surface area contributed by atoms with Crippen molar-refractivity contribution in [1.29, 1.82) is 0 Å². The number of allylic oxidation sites excluding steroid dienone is 4. The van der Waals surface area contributed by atoms with Gasteiger partial charge in [-0.05, 0) is 69.5 Å². The summed E-state index contributed by atoms with van der Waals surface area (Å²) in [6, 6.07) is 7.11. The fourth-order valence-electron chi connectivity index (χ4n) is 3.06. The second kappa shape index (κ2) is 10.8. The Labute approximate surface area is 182 Å². The topological polar surface area (TPSA) is 71.2 Å². The zero-order valence-corrected chi connectivity index (χ0v) is 18.9. The van der Waals surface area contributed by atoms with Crippen LogP contribution in [0.4, 0.5) is 0 Å². The smallest absolute Gasteiger partial charge is 0.253 e. The number of aryl methyl sites for hydroxylation is 2. The van der Waals surface area contributed by atoms with Crippen molar-refractivity contribution in [1.82, 2.24) is 10.3 Å². The maximum atomic E-state index is 12.6. The van der Waals surface area contributed by atoms with Crippen LogP contribution in [-0.2, 0) is 11.3 Å². The van der Waals surface area contributed by atoms with Crippen molar-refractivity contribution in [2.75, 3.05) is 0 Å². The van der Waals surface area contributed by atoms with Crippen LogP contribution in [0.2, 0.25) is 5.02 Å². The molecule has 0 aliphatic rings. The van der Waals surface area contributed by atoms with Crippen LogP contribution in [-0.4, -0.2) is 10.9 Å². The summed E-state index contributed by atoms with van der Waals surface area (Å²) in [6.07, 6.45) is 6.69. The number of amides is 1. The predicted octanol–water partition coefficient (Wildman–Crippen LogP) is 5.52. The Hall–Kier alpha value is -2.79. The second-order valence-electron chi connectivity index (χ2n) is 7.24. The lowest BCUT2D eigenvalue weighted by Crippen LogP contribution is -2.28. The molecule has 0 aliphatic heterocycles. The van der Waals surface area contributed by atoms with Gasteiger partial charge in [-0.25, -0.2) is 0 Å². The normalized spacial score (nSPS) is 12.8. The molecule has 1 aromatic heterocycles. The van der Waals surface area contributed by atoms with Crippen LogP contribution in [0.3, 0.4) is 0 Å². The van der Waals surface area contributed by atoms with Crippen molar-refractivity contribution in [2.45, 2.75) is 53.7 Å². The predicted molar refractivity (Wildman–Crippen MR) is 122 cm³/mol. The number of hydrogen-bond acceptors (Lipinski definition) is 3. The molecule has 1 unspecified atom stereocenters. The molecule has 0 saturated carbocycles. The lowest BCUT2D eigenvalue weighted by atomic mass is 10.1. The number of benzene rings is 1. The number of aromatic amines is 1. The van der Waals surface area contributed by atoms with E-state index in [4.69, 9.17) is 16.3 Å². The van der Waals surface area contributed by atoms with E-state index in [0.29, 0.717) is 16.1 Å². The molecular formula is C24H29ClN2O3. The van der Waals surface area contributed by atoms with Crippen LogP contribution in [0.25, 0.3) is 0 Å².